The number of carbonyl (C=O) groups is 1. The maximum absolute atomic E-state index is 10.2. The Morgan fingerprint density at radius 2 is 2.30 bits per heavy atom. The second kappa shape index (κ2) is 2.39. The van der Waals surface area contributed by atoms with Gasteiger partial charge in [-0.3, -0.25) is 0 Å². The summed E-state index contributed by atoms with van der Waals surface area (Å²) < 4.78 is 0.259. The van der Waals surface area contributed by atoms with Crippen LogP contribution >= 0.6 is 23.6 Å². The summed E-state index contributed by atoms with van der Waals surface area (Å²) in [5.74, 6) is -1.54. The van der Waals surface area contributed by atoms with Crippen molar-refractivity contribution in [2.45, 2.75) is 0 Å². The van der Waals surface area contributed by atoms with E-state index in [9.17, 15) is 4.79 Å². The highest BCUT2D eigenvalue weighted by atomic mass is 32.1. The fourth-order valence-corrected chi connectivity index (χ4v) is 1.38. The average Bonchev–Trinajstić information content (AvgIpc) is 2.10. The first-order valence-corrected chi connectivity index (χ1v) is 3.49. The summed E-state index contributed by atoms with van der Waals surface area (Å²) in [6.07, 6.45) is 0. The quantitative estimate of drug-likeness (QED) is 0.564. The van der Waals surface area contributed by atoms with E-state index in [4.69, 9.17) is 10.2 Å². The van der Waals surface area contributed by atoms with Gasteiger partial charge >= 0.3 is 5.97 Å². The molecule has 0 aliphatic carbocycles. The van der Waals surface area contributed by atoms with Gasteiger partial charge in [-0.2, -0.15) is 0 Å². The number of aromatic carboxylic acids is 1. The number of hydrogen-bond donors (Lipinski definition) is 3. The minimum atomic E-state index is -1.17. The molecule has 4 nitrogen and oxygen atoms in total. The lowest BCUT2D eigenvalue weighted by Gasteiger charge is -1.84. The molecule has 0 atom stereocenters. The zero-order valence-corrected chi connectivity index (χ0v) is 6.25. The van der Waals surface area contributed by atoms with Crippen LogP contribution in [-0.4, -0.2) is 21.2 Å². The Labute approximate surface area is 64.8 Å². The fraction of sp³-hybridized carbons (Fsp3) is 0. The van der Waals surface area contributed by atoms with Crippen molar-refractivity contribution in [2.24, 2.45) is 0 Å². The van der Waals surface area contributed by atoms with Crippen molar-refractivity contribution < 1.29 is 15.0 Å². The Morgan fingerprint density at radius 3 is 2.50 bits per heavy atom. The highest BCUT2D eigenvalue weighted by Gasteiger charge is 2.11. The first-order valence-electron chi connectivity index (χ1n) is 2.26. The molecule has 0 bridgehead atoms. The summed E-state index contributed by atoms with van der Waals surface area (Å²) in [5, 5.41) is 17.2. The summed E-state index contributed by atoms with van der Waals surface area (Å²) in [6.45, 7) is 0. The molecule has 0 radical (unpaired) electrons. The molecule has 0 saturated carbocycles. The highest BCUT2D eigenvalue weighted by Crippen LogP contribution is 2.20. The number of carboxylic acid groups (broad SMARTS) is 1. The third kappa shape index (κ3) is 1.17. The zero-order valence-electron chi connectivity index (χ0n) is 4.62. The van der Waals surface area contributed by atoms with E-state index in [1.165, 1.54) is 0 Å². The largest absolute Gasteiger partial charge is 0.493 e. The molecule has 0 unspecified atom stereocenters. The van der Waals surface area contributed by atoms with Gasteiger partial charge in [0.05, 0.1) is 0 Å². The molecule has 0 aliphatic heterocycles. The number of thiazole rings is 1. The van der Waals surface area contributed by atoms with E-state index in [2.05, 4.69) is 17.2 Å². The van der Waals surface area contributed by atoms with Crippen LogP contribution in [-0.2, 0) is 0 Å². The lowest BCUT2D eigenvalue weighted by atomic mass is 10.5. The maximum atomic E-state index is 10.2. The number of H-pyrrole nitrogens is 1. The first kappa shape index (κ1) is 7.23. The number of rotatable bonds is 1. The number of aromatic amines is 1. The van der Waals surface area contributed by atoms with Crippen molar-refractivity contribution in [3.63, 3.8) is 0 Å². The van der Waals surface area contributed by atoms with E-state index in [-0.39, 0.29) is 14.7 Å². The van der Waals surface area contributed by atoms with Gasteiger partial charge in [-0.25, -0.2) is 4.79 Å². The summed E-state index contributed by atoms with van der Waals surface area (Å²) in [4.78, 5) is 12.4. The van der Waals surface area contributed by atoms with Crippen LogP contribution in [0.1, 0.15) is 9.67 Å². The molecular formula is C4H3NO3S2. The van der Waals surface area contributed by atoms with Crippen LogP contribution in [0.2, 0.25) is 0 Å². The molecule has 54 valence electrons. The van der Waals surface area contributed by atoms with Crippen molar-refractivity contribution in [1.82, 2.24) is 4.98 Å². The Balaban J connectivity index is 3.28. The molecule has 0 spiro atoms. The van der Waals surface area contributed by atoms with Gasteiger partial charge in [0.1, 0.15) is 0 Å². The Morgan fingerprint density at radius 1 is 1.70 bits per heavy atom. The number of nitrogens with one attached hydrogen (secondary N) is 1. The molecule has 0 saturated heterocycles. The van der Waals surface area contributed by atoms with Crippen LogP contribution in [0.5, 0.6) is 5.88 Å². The Bertz CT molecular complexity index is 313. The van der Waals surface area contributed by atoms with E-state index < -0.39 is 5.97 Å². The lowest BCUT2D eigenvalue weighted by Crippen LogP contribution is -1.91. The molecule has 1 aromatic rings. The molecule has 1 aromatic heterocycles. The minimum absolute atomic E-state index is 0.148. The molecular weight excluding hydrogens is 174 g/mol. The molecule has 6 heteroatoms. The van der Waals surface area contributed by atoms with Crippen LogP contribution < -0.4 is 0 Å². The second-order valence-electron chi connectivity index (χ2n) is 1.50. The lowest BCUT2D eigenvalue weighted by molar-refractivity contribution is 0.0699. The van der Waals surface area contributed by atoms with E-state index in [0.717, 1.165) is 11.3 Å². The van der Waals surface area contributed by atoms with Crippen molar-refractivity contribution in [1.29, 1.82) is 0 Å². The summed E-state index contributed by atoms with van der Waals surface area (Å²) >= 11 is 5.41. The summed E-state index contributed by atoms with van der Waals surface area (Å²) in [6, 6.07) is 0. The second-order valence-corrected chi connectivity index (χ2v) is 3.18. The minimum Gasteiger partial charge on any atom is -0.493 e. The van der Waals surface area contributed by atoms with Gasteiger partial charge in [0.15, 0.2) is 8.83 Å². The standard InChI is InChI=1S/C4H3NO3S2/c6-2-1(3(7)8)10-4(9)5-2/h6H,(H,5,9)(H,7,8). The van der Waals surface area contributed by atoms with Gasteiger partial charge in [-0.15, -0.1) is 0 Å². The van der Waals surface area contributed by atoms with Gasteiger partial charge < -0.3 is 15.2 Å². The van der Waals surface area contributed by atoms with Crippen LogP contribution in [0.4, 0.5) is 0 Å². The maximum Gasteiger partial charge on any atom is 0.351 e. The third-order valence-corrected chi connectivity index (χ3v) is 2.04. The first-order chi connectivity index (χ1) is 4.61. The molecule has 1 rings (SSSR count). The predicted octanol–water partition coefficient (Wildman–Crippen LogP) is 1.21. The molecule has 10 heavy (non-hydrogen) atoms. The number of aromatic nitrogens is 1. The molecule has 0 fully saturated rings. The van der Waals surface area contributed by atoms with Crippen LogP contribution in [0.3, 0.4) is 0 Å². The zero-order chi connectivity index (χ0) is 7.72. The van der Waals surface area contributed by atoms with Gasteiger partial charge in [-0.1, -0.05) is 11.3 Å². The SMILES string of the molecule is O=C(O)c1sc(=S)[nH]c1O. The van der Waals surface area contributed by atoms with Crippen LogP contribution in [0.15, 0.2) is 0 Å². The topological polar surface area (TPSA) is 73.3 Å². The van der Waals surface area contributed by atoms with Gasteiger partial charge in [-0.05, 0) is 12.2 Å². The van der Waals surface area contributed by atoms with Crippen LogP contribution in [0.25, 0.3) is 0 Å². The average molecular weight is 177 g/mol. The number of aromatic hydroxyl groups is 1. The number of carboxylic acids is 1. The Kier molecular flexibility index (Phi) is 1.73. The van der Waals surface area contributed by atoms with Gasteiger partial charge in [0.2, 0.25) is 5.88 Å². The fourth-order valence-electron chi connectivity index (χ4n) is 0.465. The van der Waals surface area contributed by atoms with E-state index >= 15 is 0 Å². The van der Waals surface area contributed by atoms with E-state index in [1.54, 1.807) is 0 Å². The molecule has 0 aromatic carbocycles. The highest BCUT2D eigenvalue weighted by molar-refractivity contribution is 7.73. The molecule has 0 aliphatic rings. The molecule has 1 heterocycles. The third-order valence-electron chi connectivity index (χ3n) is 0.825. The smallest absolute Gasteiger partial charge is 0.351 e. The normalized spacial score (nSPS) is 9.60. The van der Waals surface area contributed by atoms with E-state index in [0.29, 0.717) is 0 Å². The predicted molar refractivity (Wildman–Crippen MR) is 38.1 cm³/mol. The van der Waals surface area contributed by atoms with Crippen molar-refractivity contribution in [3.8, 4) is 5.88 Å². The summed E-state index contributed by atoms with van der Waals surface area (Å²) in [5.41, 5.74) is 0. The van der Waals surface area contributed by atoms with Crippen molar-refractivity contribution in [2.75, 3.05) is 0 Å². The van der Waals surface area contributed by atoms with Gasteiger partial charge in [0, 0.05) is 0 Å². The molecule has 0 amide bonds. The van der Waals surface area contributed by atoms with Crippen molar-refractivity contribution in [3.05, 3.63) is 8.83 Å². The summed E-state index contributed by atoms with van der Waals surface area (Å²) in [7, 11) is 0. The Hall–Kier alpha value is -0.880. The van der Waals surface area contributed by atoms with Gasteiger partial charge in [0.25, 0.3) is 0 Å². The monoisotopic (exact) mass is 177 g/mol. The van der Waals surface area contributed by atoms with Crippen molar-refractivity contribution >= 4 is 29.5 Å². The number of hydrogen-bond acceptors (Lipinski definition) is 4. The molecule has 3 N–H and O–H groups in total. The van der Waals surface area contributed by atoms with E-state index in [1.807, 2.05) is 0 Å². The van der Waals surface area contributed by atoms with Crippen LogP contribution in [0, 0.1) is 3.95 Å².